The molecule has 0 spiro atoms. The molecule has 156 valence electrons. The van der Waals surface area contributed by atoms with Crippen LogP contribution in [-0.4, -0.2) is 45.4 Å². The molecule has 0 unspecified atom stereocenters. The van der Waals surface area contributed by atoms with Crippen LogP contribution in [0.2, 0.25) is 10.0 Å². The molecule has 0 atom stereocenters. The van der Waals surface area contributed by atoms with Crippen molar-refractivity contribution in [1.29, 1.82) is 0 Å². The number of amides is 1. The quantitative estimate of drug-likeness (QED) is 0.667. The van der Waals surface area contributed by atoms with Gasteiger partial charge in [0.2, 0.25) is 0 Å². The minimum absolute atomic E-state index is 0.280. The standard InChI is InChI=1S/C21H24Cl2N2O4/c1-3-28-19-13-18(25-7-9-27-10-8-25)20(29-4-2)12-17(19)24-21(26)15-6-5-14(22)11-16(15)23/h5-6,11-13H,3-4,7-10H2,1-2H3,(H,24,26). The van der Waals surface area contributed by atoms with E-state index in [1.54, 1.807) is 18.2 Å². The van der Waals surface area contributed by atoms with E-state index in [9.17, 15) is 4.79 Å². The van der Waals surface area contributed by atoms with Crippen molar-refractivity contribution in [2.24, 2.45) is 0 Å². The highest BCUT2D eigenvalue weighted by atomic mass is 35.5. The maximum atomic E-state index is 12.8. The summed E-state index contributed by atoms with van der Waals surface area (Å²) in [7, 11) is 0. The number of hydrogen-bond donors (Lipinski definition) is 1. The van der Waals surface area contributed by atoms with Crippen molar-refractivity contribution in [3.8, 4) is 11.5 Å². The Morgan fingerprint density at radius 1 is 1.07 bits per heavy atom. The lowest BCUT2D eigenvalue weighted by Gasteiger charge is -2.31. The van der Waals surface area contributed by atoms with Crippen molar-refractivity contribution in [1.82, 2.24) is 0 Å². The lowest BCUT2D eigenvalue weighted by molar-refractivity contribution is 0.102. The van der Waals surface area contributed by atoms with Crippen molar-refractivity contribution >= 4 is 40.5 Å². The van der Waals surface area contributed by atoms with Crippen LogP contribution < -0.4 is 19.7 Å². The number of nitrogens with one attached hydrogen (secondary N) is 1. The molecule has 1 N–H and O–H groups in total. The topological polar surface area (TPSA) is 60.0 Å². The molecule has 1 saturated heterocycles. The molecule has 6 nitrogen and oxygen atoms in total. The van der Waals surface area contributed by atoms with Crippen LogP contribution in [0.4, 0.5) is 11.4 Å². The number of benzene rings is 2. The number of hydrogen-bond acceptors (Lipinski definition) is 5. The van der Waals surface area contributed by atoms with Gasteiger partial charge in [0.25, 0.3) is 5.91 Å². The predicted molar refractivity (Wildman–Crippen MR) is 116 cm³/mol. The number of carbonyl (C=O) groups excluding carboxylic acids is 1. The van der Waals surface area contributed by atoms with E-state index in [-0.39, 0.29) is 10.9 Å². The number of ether oxygens (including phenoxy) is 3. The van der Waals surface area contributed by atoms with E-state index in [1.165, 1.54) is 6.07 Å². The summed E-state index contributed by atoms with van der Waals surface area (Å²) < 4.78 is 17.1. The summed E-state index contributed by atoms with van der Waals surface area (Å²) in [6.45, 7) is 7.61. The molecular weight excluding hydrogens is 415 g/mol. The third-order valence-corrected chi connectivity index (χ3v) is 4.98. The highest BCUT2D eigenvalue weighted by Gasteiger charge is 2.21. The molecule has 29 heavy (non-hydrogen) atoms. The predicted octanol–water partition coefficient (Wildman–Crippen LogP) is 4.88. The van der Waals surface area contributed by atoms with Crippen LogP contribution in [0, 0.1) is 0 Å². The second-order valence-electron chi connectivity index (χ2n) is 6.36. The van der Waals surface area contributed by atoms with Crippen LogP contribution in [-0.2, 0) is 4.74 Å². The first-order chi connectivity index (χ1) is 14.0. The Hall–Kier alpha value is -2.15. The van der Waals surface area contributed by atoms with E-state index in [4.69, 9.17) is 37.4 Å². The van der Waals surface area contributed by atoms with Crippen LogP contribution in [0.3, 0.4) is 0 Å². The van der Waals surface area contributed by atoms with E-state index >= 15 is 0 Å². The Bertz CT molecular complexity index is 870. The minimum Gasteiger partial charge on any atom is -0.492 e. The summed E-state index contributed by atoms with van der Waals surface area (Å²) in [4.78, 5) is 15.0. The van der Waals surface area contributed by atoms with Crippen LogP contribution >= 0.6 is 23.2 Å². The van der Waals surface area contributed by atoms with Crippen molar-refractivity contribution in [2.75, 3.05) is 49.7 Å². The van der Waals surface area contributed by atoms with Gasteiger partial charge in [-0.15, -0.1) is 0 Å². The van der Waals surface area contributed by atoms with Crippen LogP contribution in [0.15, 0.2) is 30.3 Å². The molecule has 1 aliphatic rings. The van der Waals surface area contributed by atoms with Crippen LogP contribution in [0.25, 0.3) is 0 Å². The Morgan fingerprint density at radius 2 is 1.76 bits per heavy atom. The molecule has 1 amide bonds. The Balaban J connectivity index is 1.95. The van der Waals surface area contributed by atoms with Gasteiger partial charge in [0, 0.05) is 30.2 Å². The number of morpholine rings is 1. The summed E-state index contributed by atoms with van der Waals surface area (Å²) in [5.74, 6) is 0.889. The summed E-state index contributed by atoms with van der Waals surface area (Å²) >= 11 is 12.1. The molecule has 2 aromatic carbocycles. The van der Waals surface area contributed by atoms with Gasteiger partial charge in [-0.25, -0.2) is 0 Å². The van der Waals surface area contributed by atoms with Crippen LogP contribution in [0.1, 0.15) is 24.2 Å². The van der Waals surface area contributed by atoms with Crippen LogP contribution in [0.5, 0.6) is 11.5 Å². The van der Waals surface area contributed by atoms with E-state index in [2.05, 4.69) is 10.2 Å². The fourth-order valence-corrected chi connectivity index (χ4v) is 3.60. The van der Waals surface area contributed by atoms with E-state index in [1.807, 2.05) is 19.9 Å². The third-order valence-electron chi connectivity index (χ3n) is 4.44. The van der Waals surface area contributed by atoms with Gasteiger partial charge in [0.1, 0.15) is 11.5 Å². The molecule has 1 heterocycles. The number of anilines is 2. The maximum Gasteiger partial charge on any atom is 0.257 e. The fraction of sp³-hybridized carbons (Fsp3) is 0.381. The summed E-state index contributed by atoms with van der Waals surface area (Å²) in [6.07, 6.45) is 0. The van der Waals surface area contributed by atoms with E-state index in [0.29, 0.717) is 54.2 Å². The summed E-state index contributed by atoms with van der Waals surface area (Å²) in [5, 5.41) is 3.63. The lowest BCUT2D eigenvalue weighted by Crippen LogP contribution is -2.36. The van der Waals surface area contributed by atoms with Gasteiger partial charge >= 0.3 is 0 Å². The van der Waals surface area contributed by atoms with E-state index in [0.717, 1.165) is 18.8 Å². The normalized spacial score (nSPS) is 13.9. The summed E-state index contributed by atoms with van der Waals surface area (Å²) in [5.41, 5.74) is 1.76. The Kier molecular flexibility index (Phi) is 7.47. The van der Waals surface area contributed by atoms with Gasteiger partial charge in [0.05, 0.1) is 48.4 Å². The van der Waals surface area contributed by atoms with Gasteiger partial charge in [-0.05, 0) is 32.0 Å². The molecular formula is C21H24Cl2N2O4. The zero-order valence-electron chi connectivity index (χ0n) is 16.5. The monoisotopic (exact) mass is 438 g/mol. The zero-order valence-corrected chi connectivity index (χ0v) is 18.0. The summed E-state index contributed by atoms with van der Waals surface area (Å²) in [6, 6.07) is 8.44. The molecule has 0 bridgehead atoms. The SMILES string of the molecule is CCOc1cc(N2CCOCC2)c(OCC)cc1NC(=O)c1ccc(Cl)cc1Cl. The molecule has 0 saturated carbocycles. The molecule has 2 aromatic rings. The van der Waals surface area contributed by atoms with E-state index < -0.39 is 0 Å². The van der Waals surface area contributed by atoms with Gasteiger partial charge in [-0.3, -0.25) is 4.79 Å². The van der Waals surface area contributed by atoms with Gasteiger partial charge in [0.15, 0.2) is 0 Å². The van der Waals surface area contributed by atoms with Gasteiger partial charge in [-0.2, -0.15) is 0 Å². The van der Waals surface area contributed by atoms with Gasteiger partial charge < -0.3 is 24.4 Å². The molecule has 1 fully saturated rings. The van der Waals surface area contributed by atoms with Crippen molar-refractivity contribution < 1.29 is 19.0 Å². The fourth-order valence-electron chi connectivity index (χ4n) is 3.11. The first-order valence-electron chi connectivity index (χ1n) is 9.56. The smallest absolute Gasteiger partial charge is 0.257 e. The first kappa shape index (κ1) is 21.6. The second kappa shape index (κ2) is 10.1. The second-order valence-corrected chi connectivity index (χ2v) is 7.20. The average Bonchev–Trinajstić information content (AvgIpc) is 2.70. The average molecular weight is 439 g/mol. The molecule has 1 aliphatic heterocycles. The zero-order chi connectivity index (χ0) is 20.8. The highest BCUT2D eigenvalue weighted by Crippen LogP contribution is 2.39. The Labute approximate surface area is 180 Å². The number of halogens is 2. The lowest BCUT2D eigenvalue weighted by atomic mass is 10.1. The third kappa shape index (κ3) is 5.26. The minimum atomic E-state index is -0.353. The molecule has 3 rings (SSSR count). The molecule has 0 aromatic heterocycles. The van der Waals surface area contributed by atoms with Crippen molar-refractivity contribution in [3.05, 3.63) is 45.9 Å². The number of rotatable bonds is 7. The highest BCUT2D eigenvalue weighted by molar-refractivity contribution is 6.37. The number of nitrogens with zero attached hydrogens (tertiary/aromatic N) is 1. The largest absolute Gasteiger partial charge is 0.492 e. The maximum absolute atomic E-state index is 12.8. The van der Waals surface area contributed by atoms with Crippen molar-refractivity contribution in [3.63, 3.8) is 0 Å². The first-order valence-corrected chi connectivity index (χ1v) is 10.3. The molecule has 0 radical (unpaired) electrons. The Morgan fingerprint density at radius 3 is 2.41 bits per heavy atom. The van der Waals surface area contributed by atoms with Gasteiger partial charge in [-0.1, -0.05) is 23.2 Å². The van der Waals surface area contributed by atoms with Crippen molar-refractivity contribution in [2.45, 2.75) is 13.8 Å². The molecule has 8 heteroatoms. The molecule has 0 aliphatic carbocycles. The number of carbonyl (C=O) groups is 1.